The third kappa shape index (κ3) is 38.2. The fourth-order valence-corrected chi connectivity index (χ4v) is 13.8. The fourth-order valence-electron chi connectivity index (χ4n) is 13.8. The molecular weight excluding hydrogens is 1020 g/mol. The van der Waals surface area contributed by atoms with Crippen molar-refractivity contribution in [3.8, 4) is 0 Å². The first kappa shape index (κ1) is 79.2. The smallest absolute Gasteiger partial charge is 0.207 e. The Kier molecular flexibility index (Phi) is 34.3. The Hall–Kier alpha value is -1.84. The molecule has 486 valence electrons. The van der Waals surface area contributed by atoms with Crippen LogP contribution in [0, 0.1) is 88.8 Å². The van der Waals surface area contributed by atoms with E-state index in [1.54, 1.807) is 25.7 Å². The van der Waals surface area contributed by atoms with Gasteiger partial charge >= 0.3 is 0 Å². The Morgan fingerprint density at radius 1 is 0.373 bits per heavy atom. The molecule has 0 aliphatic heterocycles. The second-order valence-electron chi connectivity index (χ2n) is 34.5. The molecule has 7 saturated carbocycles. The Balaban J connectivity index is 0.000000469. The lowest BCUT2D eigenvalue weighted by atomic mass is 9.62. The minimum atomic E-state index is -2.37. The number of halogens is 4. The summed E-state index contributed by atoms with van der Waals surface area (Å²) in [6.45, 7) is 52.5. The third-order valence-corrected chi connectivity index (χ3v) is 21.0. The molecule has 7 fully saturated rings. The van der Waals surface area contributed by atoms with Gasteiger partial charge in [0.15, 0.2) is 0 Å². The van der Waals surface area contributed by atoms with Crippen LogP contribution in [0.25, 0.3) is 0 Å². The number of aryl methyl sites for hydroxylation is 4. The summed E-state index contributed by atoms with van der Waals surface area (Å²) < 4.78 is 49.9. The Labute approximate surface area is 517 Å². The minimum absolute atomic E-state index is 0.0833. The molecular formula is C79H142F4. The van der Waals surface area contributed by atoms with Crippen LogP contribution in [0.1, 0.15) is 353 Å². The van der Waals surface area contributed by atoms with Crippen LogP contribution in [-0.4, -0.2) is 11.8 Å². The van der Waals surface area contributed by atoms with Gasteiger partial charge in [-0.05, 0) is 209 Å². The van der Waals surface area contributed by atoms with Gasteiger partial charge in [-0.15, -0.1) is 0 Å². The lowest BCUT2D eigenvalue weighted by Crippen LogP contribution is -2.32. The van der Waals surface area contributed by atoms with Gasteiger partial charge in [0.05, 0.1) is 0 Å². The number of rotatable bonds is 2. The second kappa shape index (κ2) is 36.0. The SMILES string of the molecule is CC1(C)CCC(C)(C)CC1.CC1(C)CCC(F)(F)CC1.CC1(C)CCCCC1.CC1CC(C)(C)CC(C)(C)C1.CC1CCC(F)(F)CC1.CC1CCC2(CCCCC2)CC1.CCC(C)(C)CC.Cc1ccc(C)c(C)c1.Cc1ccccc1. The van der Waals surface area contributed by atoms with Crippen molar-refractivity contribution in [2.24, 2.45) is 61.1 Å². The zero-order valence-electron chi connectivity index (χ0n) is 59.8. The number of benzene rings is 2. The Morgan fingerprint density at radius 2 is 0.723 bits per heavy atom. The molecule has 2 aromatic rings. The second-order valence-corrected chi connectivity index (χ2v) is 34.5. The zero-order chi connectivity index (χ0) is 63.6. The first-order valence-electron chi connectivity index (χ1n) is 34.8. The monoisotopic (exact) mass is 1170 g/mol. The van der Waals surface area contributed by atoms with Gasteiger partial charge in [-0.3, -0.25) is 0 Å². The van der Waals surface area contributed by atoms with Crippen molar-refractivity contribution in [1.82, 2.24) is 0 Å². The van der Waals surface area contributed by atoms with Gasteiger partial charge in [-0.1, -0.05) is 255 Å². The summed E-state index contributed by atoms with van der Waals surface area (Å²) in [7, 11) is 0. The molecule has 2 aromatic carbocycles. The molecule has 0 N–H and O–H groups in total. The molecule has 0 unspecified atom stereocenters. The van der Waals surface area contributed by atoms with Crippen molar-refractivity contribution in [2.75, 3.05) is 0 Å². The maximum Gasteiger partial charge on any atom is 0.248 e. The van der Waals surface area contributed by atoms with E-state index in [1.165, 1.54) is 144 Å². The van der Waals surface area contributed by atoms with Crippen LogP contribution in [0.15, 0.2) is 48.5 Å². The van der Waals surface area contributed by atoms with Crippen molar-refractivity contribution in [3.63, 3.8) is 0 Å². The maximum absolute atomic E-state index is 12.5. The molecule has 0 nitrogen and oxygen atoms in total. The molecule has 9 rings (SSSR count). The average Bonchev–Trinajstić information content (AvgIpc) is 3.41. The molecule has 0 saturated heterocycles. The molecule has 0 atom stereocenters. The first-order chi connectivity index (χ1) is 38.0. The summed E-state index contributed by atoms with van der Waals surface area (Å²) in [5.41, 5.74) is 10.1. The van der Waals surface area contributed by atoms with Crippen LogP contribution in [-0.2, 0) is 0 Å². The topological polar surface area (TPSA) is 0 Å². The van der Waals surface area contributed by atoms with Crippen LogP contribution >= 0.6 is 0 Å². The molecule has 7 aliphatic rings. The van der Waals surface area contributed by atoms with Crippen molar-refractivity contribution < 1.29 is 17.6 Å². The number of hydrogen-bond donors (Lipinski definition) is 0. The molecule has 1 spiro atoms. The summed E-state index contributed by atoms with van der Waals surface area (Å²) in [5, 5.41) is 0. The third-order valence-electron chi connectivity index (χ3n) is 21.0. The highest BCUT2D eigenvalue weighted by molar-refractivity contribution is 5.28. The van der Waals surface area contributed by atoms with Crippen LogP contribution in [0.4, 0.5) is 17.6 Å². The lowest BCUT2D eigenvalue weighted by molar-refractivity contribution is -0.0599. The van der Waals surface area contributed by atoms with Crippen molar-refractivity contribution in [3.05, 3.63) is 70.8 Å². The quantitative estimate of drug-likeness (QED) is 0.263. The van der Waals surface area contributed by atoms with Gasteiger partial charge in [0.2, 0.25) is 11.8 Å². The van der Waals surface area contributed by atoms with Crippen molar-refractivity contribution in [1.29, 1.82) is 0 Å². The van der Waals surface area contributed by atoms with E-state index >= 15 is 0 Å². The van der Waals surface area contributed by atoms with Crippen molar-refractivity contribution in [2.45, 2.75) is 370 Å². The van der Waals surface area contributed by atoms with E-state index in [0.717, 1.165) is 17.3 Å². The molecule has 0 heterocycles. The zero-order valence-corrected chi connectivity index (χ0v) is 59.8. The molecule has 4 heteroatoms. The van der Waals surface area contributed by atoms with Gasteiger partial charge in [0, 0.05) is 25.7 Å². The molecule has 0 amide bonds. The van der Waals surface area contributed by atoms with Gasteiger partial charge < -0.3 is 0 Å². The summed E-state index contributed by atoms with van der Waals surface area (Å²) in [6.07, 6.45) is 36.7. The Morgan fingerprint density at radius 3 is 1.00 bits per heavy atom. The van der Waals surface area contributed by atoms with E-state index in [9.17, 15) is 17.6 Å². The Bertz CT molecular complexity index is 1850. The molecule has 0 aromatic heterocycles. The summed E-state index contributed by atoms with van der Waals surface area (Å²) in [6, 6.07) is 16.8. The summed E-state index contributed by atoms with van der Waals surface area (Å²) >= 11 is 0. The molecule has 0 bridgehead atoms. The van der Waals surface area contributed by atoms with E-state index < -0.39 is 11.8 Å². The highest BCUT2D eigenvalue weighted by Crippen LogP contribution is 2.50. The van der Waals surface area contributed by atoms with Crippen LogP contribution in [0.5, 0.6) is 0 Å². The molecule has 83 heavy (non-hydrogen) atoms. The number of hydrogen-bond acceptors (Lipinski definition) is 0. The predicted octanol–water partition coefficient (Wildman–Crippen LogP) is 28.1. The van der Waals surface area contributed by atoms with Gasteiger partial charge in [0.25, 0.3) is 0 Å². The first-order valence-corrected chi connectivity index (χ1v) is 34.8. The van der Waals surface area contributed by atoms with Crippen molar-refractivity contribution >= 4 is 0 Å². The normalized spacial score (nSPS) is 24.2. The number of alkyl halides is 4. The van der Waals surface area contributed by atoms with E-state index in [-0.39, 0.29) is 31.1 Å². The van der Waals surface area contributed by atoms with Crippen LogP contribution < -0.4 is 0 Å². The maximum atomic E-state index is 12.5. The highest BCUT2D eigenvalue weighted by atomic mass is 19.3. The molecule has 0 radical (unpaired) electrons. The van der Waals surface area contributed by atoms with Gasteiger partial charge in [-0.2, -0.15) is 0 Å². The summed E-state index contributed by atoms with van der Waals surface area (Å²) in [5.74, 6) is -2.24. The highest BCUT2D eigenvalue weighted by Gasteiger charge is 2.39. The van der Waals surface area contributed by atoms with Crippen LogP contribution in [0.3, 0.4) is 0 Å². The predicted molar refractivity (Wildman–Crippen MR) is 363 cm³/mol. The van der Waals surface area contributed by atoms with E-state index in [0.29, 0.717) is 64.1 Å². The van der Waals surface area contributed by atoms with Gasteiger partial charge in [0.1, 0.15) is 0 Å². The fraction of sp³-hybridized carbons (Fsp3) is 0.848. The minimum Gasteiger partial charge on any atom is -0.207 e. The van der Waals surface area contributed by atoms with E-state index in [4.69, 9.17) is 0 Å². The van der Waals surface area contributed by atoms with E-state index in [2.05, 4.69) is 183 Å². The standard InChI is InChI=1S/C12H22.C11H22.C10H20.C9H12.C8H14F2.C8H16.C7H12F2.C7H8.C7H16/c1-11-5-9-12(10-6-11)7-3-2-4-8-12;1-9-6-10(2,3)8-11(4,5)7-9;1-9(2)5-7-10(3,4)8-6-9;1-7-4-5-8(2)9(3)6-7;1-7(2)3-5-8(9,10)6-4-7;1-8(2)6-4-3-5-7-8;1-6-2-4-7(8,9)5-3-6;1-7-5-3-2-4-6-7;1-5-7(3,4)6-2/h11H,2-10H2,1H3;9H,6-8H2,1-5H3;5-8H2,1-4H3;4-6H,1-3H3;3-6H2,1-2H3;3-7H2,1-2H3;6H,2-5H2,1H3;2-6H,1H3;5-6H2,1-4H3. The summed E-state index contributed by atoms with van der Waals surface area (Å²) in [4.78, 5) is 0. The lowest BCUT2D eigenvalue weighted by Gasteiger charge is -2.44. The van der Waals surface area contributed by atoms with E-state index in [1.807, 2.05) is 25.1 Å². The molecule has 7 aliphatic carbocycles. The van der Waals surface area contributed by atoms with Crippen LogP contribution in [0.2, 0.25) is 0 Å². The van der Waals surface area contributed by atoms with Gasteiger partial charge in [-0.25, -0.2) is 17.6 Å². The largest absolute Gasteiger partial charge is 0.248 e. The average molecular weight is 1170 g/mol.